The van der Waals surface area contributed by atoms with Gasteiger partial charge in [-0.2, -0.15) is 0 Å². The lowest BCUT2D eigenvalue weighted by Gasteiger charge is -2.32. The second-order valence-corrected chi connectivity index (χ2v) is 4.22. The molecule has 1 aliphatic heterocycles. The van der Waals surface area contributed by atoms with Crippen molar-refractivity contribution in [3.8, 4) is 0 Å². The SMILES string of the molecule is CC(C)/C=C/CN1CCNCC1C. The van der Waals surface area contributed by atoms with E-state index in [1.807, 2.05) is 0 Å². The van der Waals surface area contributed by atoms with E-state index in [1.165, 1.54) is 6.54 Å². The van der Waals surface area contributed by atoms with Crippen LogP contribution < -0.4 is 5.32 Å². The van der Waals surface area contributed by atoms with Gasteiger partial charge in [0.05, 0.1) is 0 Å². The molecule has 0 saturated carbocycles. The zero-order chi connectivity index (χ0) is 9.68. The van der Waals surface area contributed by atoms with Crippen LogP contribution in [-0.4, -0.2) is 37.1 Å². The molecule has 0 bridgehead atoms. The van der Waals surface area contributed by atoms with Gasteiger partial charge in [0.1, 0.15) is 0 Å². The molecule has 2 heteroatoms. The van der Waals surface area contributed by atoms with Gasteiger partial charge >= 0.3 is 0 Å². The van der Waals surface area contributed by atoms with E-state index in [2.05, 4.69) is 43.1 Å². The van der Waals surface area contributed by atoms with Crippen LogP contribution in [0.5, 0.6) is 0 Å². The molecule has 1 heterocycles. The molecule has 1 rings (SSSR count). The standard InChI is InChI=1S/C11H22N2/c1-10(2)5-4-7-13-8-6-12-9-11(13)3/h4-5,10-12H,6-9H2,1-3H3/b5-4+. The molecule has 0 amide bonds. The van der Waals surface area contributed by atoms with Crippen LogP contribution in [0.2, 0.25) is 0 Å². The Bertz CT molecular complexity index is 163. The number of hydrogen-bond acceptors (Lipinski definition) is 2. The van der Waals surface area contributed by atoms with Crippen molar-refractivity contribution >= 4 is 0 Å². The molecule has 2 nitrogen and oxygen atoms in total. The summed E-state index contributed by atoms with van der Waals surface area (Å²) >= 11 is 0. The van der Waals surface area contributed by atoms with E-state index >= 15 is 0 Å². The van der Waals surface area contributed by atoms with Crippen LogP contribution in [0.15, 0.2) is 12.2 Å². The summed E-state index contributed by atoms with van der Waals surface area (Å²) in [5.41, 5.74) is 0. The first-order valence-corrected chi connectivity index (χ1v) is 5.31. The molecule has 0 radical (unpaired) electrons. The van der Waals surface area contributed by atoms with Gasteiger partial charge in [-0.3, -0.25) is 4.90 Å². The Morgan fingerprint density at radius 3 is 2.92 bits per heavy atom. The van der Waals surface area contributed by atoms with Crippen molar-refractivity contribution in [1.29, 1.82) is 0 Å². The van der Waals surface area contributed by atoms with Crippen molar-refractivity contribution < 1.29 is 0 Å². The summed E-state index contributed by atoms with van der Waals surface area (Å²) in [6, 6.07) is 0.686. The lowest BCUT2D eigenvalue weighted by Crippen LogP contribution is -2.49. The molecular weight excluding hydrogens is 160 g/mol. The Labute approximate surface area is 82.0 Å². The highest BCUT2D eigenvalue weighted by atomic mass is 15.2. The summed E-state index contributed by atoms with van der Waals surface area (Å²) < 4.78 is 0. The molecule has 1 atom stereocenters. The summed E-state index contributed by atoms with van der Waals surface area (Å²) in [6.07, 6.45) is 4.58. The van der Waals surface area contributed by atoms with Gasteiger partial charge in [0.15, 0.2) is 0 Å². The Morgan fingerprint density at radius 1 is 1.54 bits per heavy atom. The van der Waals surface area contributed by atoms with E-state index in [0.717, 1.165) is 19.6 Å². The van der Waals surface area contributed by atoms with Gasteiger partial charge in [-0.25, -0.2) is 0 Å². The second kappa shape index (κ2) is 5.40. The lowest BCUT2D eigenvalue weighted by molar-refractivity contribution is 0.192. The maximum absolute atomic E-state index is 3.40. The highest BCUT2D eigenvalue weighted by Gasteiger charge is 2.15. The highest BCUT2D eigenvalue weighted by Crippen LogP contribution is 2.02. The number of nitrogens with zero attached hydrogens (tertiary/aromatic N) is 1. The molecule has 0 aromatic carbocycles. The minimum absolute atomic E-state index is 0.679. The van der Waals surface area contributed by atoms with E-state index in [4.69, 9.17) is 0 Å². The van der Waals surface area contributed by atoms with Crippen molar-refractivity contribution in [3.63, 3.8) is 0 Å². The van der Waals surface area contributed by atoms with E-state index in [9.17, 15) is 0 Å². The van der Waals surface area contributed by atoms with Gasteiger partial charge in [-0.15, -0.1) is 0 Å². The summed E-state index contributed by atoms with van der Waals surface area (Å²) in [4.78, 5) is 2.52. The smallest absolute Gasteiger partial charge is 0.0196 e. The Kier molecular flexibility index (Phi) is 4.46. The zero-order valence-corrected chi connectivity index (χ0v) is 9.09. The van der Waals surface area contributed by atoms with Crippen LogP contribution in [0.4, 0.5) is 0 Å². The number of allylic oxidation sites excluding steroid dienone is 1. The van der Waals surface area contributed by atoms with E-state index in [1.54, 1.807) is 0 Å². The average molecular weight is 182 g/mol. The molecule has 0 spiro atoms. The van der Waals surface area contributed by atoms with Gasteiger partial charge in [0.25, 0.3) is 0 Å². The van der Waals surface area contributed by atoms with Crippen molar-refractivity contribution in [1.82, 2.24) is 10.2 Å². The molecule has 0 aromatic heterocycles. The Balaban J connectivity index is 2.26. The number of hydrogen-bond donors (Lipinski definition) is 1. The summed E-state index contributed by atoms with van der Waals surface area (Å²) in [5.74, 6) is 0.679. The van der Waals surface area contributed by atoms with Crippen molar-refractivity contribution in [2.45, 2.75) is 26.8 Å². The van der Waals surface area contributed by atoms with Crippen LogP contribution in [-0.2, 0) is 0 Å². The maximum Gasteiger partial charge on any atom is 0.0196 e. The molecule has 1 aliphatic rings. The average Bonchev–Trinajstić information content (AvgIpc) is 2.08. The molecule has 1 saturated heterocycles. The van der Waals surface area contributed by atoms with Crippen LogP contribution in [0.1, 0.15) is 20.8 Å². The molecule has 13 heavy (non-hydrogen) atoms. The zero-order valence-electron chi connectivity index (χ0n) is 9.09. The Morgan fingerprint density at radius 2 is 2.31 bits per heavy atom. The topological polar surface area (TPSA) is 15.3 Å². The number of rotatable bonds is 3. The van der Waals surface area contributed by atoms with Crippen LogP contribution in [0.3, 0.4) is 0 Å². The molecule has 0 aromatic rings. The third-order valence-corrected chi connectivity index (χ3v) is 2.50. The highest BCUT2D eigenvalue weighted by molar-refractivity contribution is 4.89. The molecule has 76 valence electrons. The van der Waals surface area contributed by atoms with Gasteiger partial charge in [-0.1, -0.05) is 26.0 Å². The summed E-state index contributed by atoms with van der Waals surface area (Å²) in [6.45, 7) is 11.3. The van der Waals surface area contributed by atoms with Crippen LogP contribution in [0, 0.1) is 5.92 Å². The van der Waals surface area contributed by atoms with Gasteiger partial charge in [0, 0.05) is 32.2 Å². The van der Waals surface area contributed by atoms with Gasteiger partial charge < -0.3 is 5.32 Å². The van der Waals surface area contributed by atoms with E-state index in [-0.39, 0.29) is 0 Å². The first-order chi connectivity index (χ1) is 6.20. The largest absolute Gasteiger partial charge is 0.314 e. The monoisotopic (exact) mass is 182 g/mol. The van der Waals surface area contributed by atoms with Gasteiger partial charge in [0.2, 0.25) is 0 Å². The van der Waals surface area contributed by atoms with Crippen molar-refractivity contribution in [2.24, 2.45) is 5.92 Å². The molecular formula is C11H22N2. The second-order valence-electron chi connectivity index (χ2n) is 4.22. The molecule has 1 N–H and O–H groups in total. The Hall–Kier alpha value is -0.340. The van der Waals surface area contributed by atoms with Crippen molar-refractivity contribution in [3.05, 3.63) is 12.2 Å². The summed E-state index contributed by atoms with van der Waals surface area (Å²) in [7, 11) is 0. The first kappa shape index (κ1) is 10.7. The number of nitrogens with one attached hydrogen (secondary N) is 1. The van der Waals surface area contributed by atoms with Gasteiger partial charge in [-0.05, 0) is 12.8 Å². The third kappa shape index (κ3) is 3.92. The fourth-order valence-electron chi connectivity index (χ4n) is 1.62. The normalized spacial score (nSPS) is 26.0. The molecule has 1 unspecified atom stereocenters. The predicted molar refractivity (Wildman–Crippen MR) is 57.9 cm³/mol. The number of piperazine rings is 1. The minimum Gasteiger partial charge on any atom is -0.314 e. The lowest BCUT2D eigenvalue weighted by atomic mass is 10.2. The molecule has 1 fully saturated rings. The minimum atomic E-state index is 0.679. The fraction of sp³-hybridized carbons (Fsp3) is 0.818. The first-order valence-electron chi connectivity index (χ1n) is 5.31. The van der Waals surface area contributed by atoms with Crippen molar-refractivity contribution in [2.75, 3.05) is 26.2 Å². The van der Waals surface area contributed by atoms with Crippen LogP contribution >= 0.6 is 0 Å². The predicted octanol–water partition coefficient (Wildman–Crippen LogP) is 1.49. The third-order valence-electron chi connectivity index (χ3n) is 2.50. The van der Waals surface area contributed by atoms with Crippen LogP contribution in [0.25, 0.3) is 0 Å². The fourth-order valence-corrected chi connectivity index (χ4v) is 1.62. The maximum atomic E-state index is 3.40. The summed E-state index contributed by atoms with van der Waals surface area (Å²) in [5, 5.41) is 3.40. The van der Waals surface area contributed by atoms with E-state index in [0.29, 0.717) is 12.0 Å². The quantitative estimate of drug-likeness (QED) is 0.665. The van der Waals surface area contributed by atoms with E-state index < -0.39 is 0 Å². The molecule has 0 aliphatic carbocycles.